The van der Waals surface area contributed by atoms with E-state index in [1.165, 1.54) is 21.3 Å². The van der Waals surface area contributed by atoms with Gasteiger partial charge in [0.15, 0.2) is 11.5 Å². The second-order valence-electron chi connectivity index (χ2n) is 4.30. The van der Waals surface area contributed by atoms with Gasteiger partial charge in [0, 0.05) is 17.0 Å². The molecule has 1 heterocycles. The molecule has 2 aromatic rings. The van der Waals surface area contributed by atoms with E-state index in [9.17, 15) is 4.79 Å². The highest BCUT2D eigenvalue weighted by Gasteiger charge is 2.17. The molecular weight excluding hydrogens is 370 g/mol. The smallest absolute Gasteiger partial charge is 0.255 e. The number of carbonyl (C=O) groups excluding carboxylic acids is 1. The van der Waals surface area contributed by atoms with Crippen LogP contribution < -0.4 is 19.5 Å². The van der Waals surface area contributed by atoms with Crippen LogP contribution in [0.4, 0.5) is 0 Å². The Morgan fingerprint density at radius 2 is 1.73 bits per heavy atom. The normalized spacial score (nSPS) is 10.2. The maximum atomic E-state index is 12.4. The number of carbonyl (C=O) groups is 1. The maximum Gasteiger partial charge on any atom is 0.255 e. The largest absolute Gasteiger partial charge is 0.496 e. The van der Waals surface area contributed by atoms with Gasteiger partial charge in [-0.2, -0.15) is 0 Å². The van der Waals surface area contributed by atoms with Crippen LogP contribution in [0.15, 0.2) is 28.1 Å². The molecule has 1 aromatic carbocycles. The summed E-state index contributed by atoms with van der Waals surface area (Å²) >= 11 is 4.97. The van der Waals surface area contributed by atoms with Gasteiger partial charge in [0.2, 0.25) is 0 Å². The molecule has 1 aromatic heterocycles. The van der Waals surface area contributed by atoms with Gasteiger partial charge in [-0.15, -0.1) is 11.3 Å². The van der Waals surface area contributed by atoms with E-state index < -0.39 is 0 Å². The van der Waals surface area contributed by atoms with Crippen molar-refractivity contribution in [2.75, 3.05) is 21.3 Å². The van der Waals surface area contributed by atoms with E-state index in [-0.39, 0.29) is 5.91 Å². The van der Waals surface area contributed by atoms with E-state index in [4.69, 9.17) is 14.2 Å². The van der Waals surface area contributed by atoms with Gasteiger partial charge in [0.1, 0.15) is 5.75 Å². The van der Waals surface area contributed by atoms with Crippen molar-refractivity contribution in [1.82, 2.24) is 5.32 Å². The van der Waals surface area contributed by atoms with E-state index in [2.05, 4.69) is 21.2 Å². The summed E-state index contributed by atoms with van der Waals surface area (Å²) in [5, 5.41) is 2.87. The average Bonchev–Trinajstić information content (AvgIpc) is 2.96. The molecule has 22 heavy (non-hydrogen) atoms. The van der Waals surface area contributed by atoms with E-state index in [0.29, 0.717) is 29.4 Å². The van der Waals surface area contributed by atoms with Crippen molar-refractivity contribution in [3.8, 4) is 17.2 Å². The number of nitrogens with one attached hydrogen (secondary N) is 1. The fourth-order valence-electron chi connectivity index (χ4n) is 1.92. The monoisotopic (exact) mass is 385 g/mol. The highest BCUT2D eigenvalue weighted by atomic mass is 79.9. The Morgan fingerprint density at radius 3 is 2.27 bits per heavy atom. The lowest BCUT2D eigenvalue weighted by Crippen LogP contribution is -2.23. The molecule has 0 aliphatic carbocycles. The fourth-order valence-corrected chi connectivity index (χ4v) is 3.34. The molecule has 0 unspecified atom stereocenters. The first-order valence-electron chi connectivity index (χ1n) is 6.41. The zero-order chi connectivity index (χ0) is 16.1. The Morgan fingerprint density at radius 1 is 1.09 bits per heavy atom. The maximum absolute atomic E-state index is 12.4. The molecule has 0 radical (unpaired) electrons. The third-order valence-electron chi connectivity index (χ3n) is 3.00. The van der Waals surface area contributed by atoms with Crippen LogP contribution in [0.2, 0.25) is 0 Å². The van der Waals surface area contributed by atoms with Gasteiger partial charge in [-0.25, -0.2) is 0 Å². The molecule has 0 saturated heterocycles. The zero-order valence-electron chi connectivity index (χ0n) is 12.4. The number of thiophene rings is 1. The summed E-state index contributed by atoms with van der Waals surface area (Å²) in [6.07, 6.45) is 0. The molecule has 0 atom stereocenters. The van der Waals surface area contributed by atoms with Crippen LogP contribution in [-0.2, 0) is 6.54 Å². The summed E-state index contributed by atoms with van der Waals surface area (Å²) in [4.78, 5) is 13.4. The number of rotatable bonds is 6. The third-order valence-corrected chi connectivity index (χ3v) is 4.63. The van der Waals surface area contributed by atoms with Crippen molar-refractivity contribution >= 4 is 33.2 Å². The molecule has 0 aliphatic rings. The highest BCUT2D eigenvalue weighted by Crippen LogP contribution is 2.34. The first-order valence-corrected chi connectivity index (χ1v) is 8.02. The van der Waals surface area contributed by atoms with Gasteiger partial charge in [0.05, 0.1) is 37.2 Å². The lowest BCUT2D eigenvalue weighted by molar-refractivity contribution is 0.0948. The summed E-state index contributed by atoms with van der Waals surface area (Å²) in [6, 6.07) is 7.15. The van der Waals surface area contributed by atoms with Crippen molar-refractivity contribution in [2.24, 2.45) is 0 Å². The molecule has 0 bridgehead atoms. The second kappa shape index (κ2) is 7.51. The van der Waals surface area contributed by atoms with E-state index in [1.807, 2.05) is 12.1 Å². The molecule has 1 amide bonds. The van der Waals surface area contributed by atoms with Crippen molar-refractivity contribution < 1.29 is 19.0 Å². The quantitative estimate of drug-likeness (QED) is 0.826. The van der Waals surface area contributed by atoms with Crippen molar-refractivity contribution in [3.05, 3.63) is 38.5 Å². The number of amides is 1. The van der Waals surface area contributed by atoms with Gasteiger partial charge < -0.3 is 19.5 Å². The number of benzene rings is 1. The summed E-state index contributed by atoms with van der Waals surface area (Å²) in [7, 11) is 4.56. The van der Waals surface area contributed by atoms with Crippen molar-refractivity contribution in [3.63, 3.8) is 0 Å². The predicted octanol–water partition coefficient (Wildman–Crippen LogP) is 3.47. The van der Waals surface area contributed by atoms with Crippen LogP contribution in [0.25, 0.3) is 0 Å². The molecule has 5 nitrogen and oxygen atoms in total. The average molecular weight is 386 g/mol. The topological polar surface area (TPSA) is 56.8 Å². The highest BCUT2D eigenvalue weighted by molar-refractivity contribution is 9.11. The van der Waals surface area contributed by atoms with Crippen LogP contribution in [0.1, 0.15) is 15.2 Å². The Balaban J connectivity index is 2.20. The molecule has 1 N–H and O–H groups in total. The van der Waals surface area contributed by atoms with Gasteiger partial charge in [-0.1, -0.05) is 0 Å². The summed E-state index contributed by atoms with van der Waals surface area (Å²) in [5.41, 5.74) is 0.399. The van der Waals surface area contributed by atoms with Gasteiger partial charge in [-0.05, 0) is 28.1 Å². The number of halogens is 1. The first-order chi connectivity index (χ1) is 10.6. The zero-order valence-corrected chi connectivity index (χ0v) is 14.8. The van der Waals surface area contributed by atoms with E-state index in [1.54, 1.807) is 23.5 Å². The third kappa shape index (κ3) is 3.72. The van der Waals surface area contributed by atoms with E-state index in [0.717, 1.165) is 8.66 Å². The van der Waals surface area contributed by atoms with E-state index >= 15 is 0 Å². The van der Waals surface area contributed by atoms with Crippen LogP contribution in [0.5, 0.6) is 17.2 Å². The molecule has 118 valence electrons. The minimum absolute atomic E-state index is 0.234. The van der Waals surface area contributed by atoms with Gasteiger partial charge in [0.25, 0.3) is 5.91 Å². The van der Waals surface area contributed by atoms with Crippen LogP contribution in [0, 0.1) is 0 Å². The molecule has 0 saturated carbocycles. The summed E-state index contributed by atoms with van der Waals surface area (Å²) in [5.74, 6) is 1.19. The van der Waals surface area contributed by atoms with Crippen LogP contribution in [-0.4, -0.2) is 27.2 Å². The Kier molecular flexibility index (Phi) is 5.68. The van der Waals surface area contributed by atoms with Gasteiger partial charge in [-0.3, -0.25) is 4.79 Å². The summed E-state index contributed by atoms with van der Waals surface area (Å²) in [6.45, 7) is 0.451. The SMILES string of the molecule is COc1cc(OC)c(C(=O)NCc2ccc(Br)s2)cc1OC. The predicted molar refractivity (Wildman–Crippen MR) is 89.3 cm³/mol. The molecule has 0 fully saturated rings. The minimum Gasteiger partial charge on any atom is -0.496 e. The Labute approximate surface area is 141 Å². The summed E-state index contributed by atoms with van der Waals surface area (Å²) < 4.78 is 16.7. The molecular formula is C15H16BrNO4S. The fraction of sp³-hybridized carbons (Fsp3) is 0.267. The number of hydrogen-bond acceptors (Lipinski definition) is 5. The molecule has 7 heteroatoms. The second-order valence-corrected chi connectivity index (χ2v) is 6.84. The lowest BCUT2D eigenvalue weighted by atomic mass is 10.1. The van der Waals surface area contributed by atoms with Crippen LogP contribution in [0.3, 0.4) is 0 Å². The number of methoxy groups -OCH3 is 3. The van der Waals surface area contributed by atoms with Crippen molar-refractivity contribution in [1.29, 1.82) is 0 Å². The first kappa shape index (κ1) is 16.6. The Hall–Kier alpha value is -1.73. The van der Waals surface area contributed by atoms with Crippen LogP contribution >= 0.6 is 27.3 Å². The minimum atomic E-state index is -0.234. The molecule has 0 aliphatic heterocycles. The number of hydrogen-bond donors (Lipinski definition) is 1. The van der Waals surface area contributed by atoms with Gasteiger partial charge >= 0.3 is 0 Å². The standard InChI is InChI=1S/C15H16BrNO4S/c1-19-11-7-13(21-3)12(20-2)6-10(11)15(18)17-8-9-4-5-14(16)22-9/h4-7H,8H2,1-3H3,(H,17,18). The van der Waals surface area contributed by atoms with Crippen molar-refractivity contribution in [2.45, 2.75) is 6.54 Å². The number of ether oxygens (including phenoxy) is 3. The molecule has 2 rings (SSSR count). The molecule has 0 spiro atoms. The lowest BCUT2D eigenvalue weighted by Gasteiger charge is -2.13. The Bertz CT molecular complexity index is 672.